The molecule has 0 aliphatic rings. The van der Waals surface area contributed by atoms with Gasteiger partial charge in [0.15, 0.2) is 5.65 Å². The molecule has 1 aromatic carbocycles. The van der Waals surface area contributed by atoms with Gasteiger partial charge < -0.3 is 10.5 Å². The van der Waals surface area contributed by atoms with Gasteiger partial charge >= 0.3 is 0 Å². The van der Waals surface area contributed by atoms with E-state index in [9.17, 15) is 0 Å². The van der Waals surface area contributed by atoms with Crippen LogP contribution in [0.25, 0.3) is 16.9 Å². The first-order chi connectivity index (χ1) is 12.3. The van der Waals surface area contributed by atoms with Crippen molar-refractivity contribution in [3.8, 4) is 17.0 Å². The molecule has 2 N–H and O–H groups in total. The van der Waals surface area contributed by atoms with E-state index in [0.29, 0.717) is 0 Å². The number of hydrogen-bond acceptors (Lipinski definition) is 5. The number of nitrogens with two attached hydrogens (primary N) is 1. The average molecular weight is 331 g/mol. The highest BCUT2D eigenvalue weighted by Gasteiger charge is 2.14. The van der Waals surface area contributed by atoms with E-state index in [1.165, 1.54) is 0 Å². The molecule has 0 aliphatic heterocycles. The predicted octanol–water partition coefficient (Wildman–Crippen LogP) is 2.85. The summed E-state index contributed by atoms with van der Waals surface area (Å²) in [4.78, 5) is 8.46. The number of aromatic nitrogens is 4. The zero-order chi connectivity index (χ0) is 17.2. The van der Waals surface area contributed by atoms with E-state index in [1.807, 2.05) is 53.0 Å². The first-order valence-electron chi connectivity index (χ1n) is 7.91. The second-order valence-corrected chi connectivity index (χ2v) is 5.66. The monoisotopic (exact) mass is 331 g/mol. The summed E-state index contributed by atoms with van der Waals surface area (Å²) in [6, 6.07) is 15.1. The number of benzene rings is 1. The molecule has 25 heavy (non-hydrogen) atoms. The molecule has 0 bridgehead atoms. The van der Waals surface area contributed by atoms with Gasteiger partial charge in [-0.2, -0.15) is 5.10 Å². The Kier molecular flexibility index (Phi) is 3.87. The lowest BCUT2D eigenvalue weighted by Crippen LogP contribution is -2.15. The Hall–Kier alpha value is -3.25. The molecule has 1 atom stereocenters. The van der Waals surface area contributed by atoms with Crippen LogP contribution in [0.3, 0.4) is 0 Å². The molecule has 0 saturated heterocycles. The highest BCUT2D eigenvalue weighted by molar-refractivity contribution is 5.64. The van der Waals surface area contributed by atoms with Crippen LogP contribution in [-0.2, 0) is 0 Å². The van der Waals surface area contributed by atoms with Gasteiger partial charge in [-0.1, -0.05) is 12.1 Å². The molecule has 0 saturated carbocycles. The summed E-state index contributed by atoms with van der Waals surface area (Å²) >= 11 is 0. The normalized spacial score (nSPS) is 12.2. The second-order valence-electron chi connectivity index (χ2n) is 5.66. The second kappa shape index (κ2) is 6.33. The maximum absolute atomic E-state index is 6.37. The molecule has 6 nitrogen and oxygen atoms in total. The fourth-order valence-electron chi connectivity index (χ4n) is 2.77. The van der Waals surface area contributed by atoms with Gasteiger partial charge in [0, 0.05) is 18.0 Å². The van der Waals surface area contributed by atoms with Crippen LogP contribution in [0.5, 0.6) is 5.75 Å². The molecular weight excluding hydrogens is 314 g/mol. The third-order valence-corrected chi connectivity index (χ3v) is 4.13. The van der Waals surface area contributed by atoms with Crippen molar-refractivity contribution in [2.24, 2.45) is 5.73 Å². The Morgan fingerprint density at radius 3 is 2.72 bits per heavy atom. The van der Waals surface area contributed by atoms with E-state index in [4.69, 9.17) is 15.6 Å². The lowest BCUT2D eigenvalue weighted by atomic mass is 10.1. The van der Waals surface area contributed by atoms with Gasteiger partial charge in [-0.15, -0.1) is 0 Å². The molecule has 6 heteroatoms. The van der Waals surface area contributed by atoms with Crippen LogP contribution < -0.4 is 10.5 Å². The Morgan fingerprint density at radius 2 is 1.92 bits per heavy atom. The molecule has 0 amide bonds. The number of methoxy groups -OCH3 is 1. The summed E-state index contributed by atoms with van der Waals surface area (Å²) in [6.07, 6.45) is 5.26. The minimum atomic E-state index is -0.326. The van der Waals surface area contributed by atoms with Gasteiger partial charge in [0.1, 0.15) is 5.75 Å². The van der Waals surface area contributed by atoms with Crippen LogP contribution in [0.4, 0.5) is 0 Å². The number of pyridine rings is 1. The number of fused-ring (bicyclic) bond motifs is 1. The third-order valence-electron chi connectivity index (χ3n) is 4.13. The summed E-state index contributed by atoms with van der Waals surface area (Å²) in [7, 11) is 1.65. The van der Waals surface area contributed by atoms with Crippen LogP contribution in [0.15, 0.2) is 67.1 Å². The maximum Gasteiger partial charge on any atom is 0.154 e. The minimum Gasteiger partial charge on any atom is -0.497 e. The molecule has 0 aliphatic carbocycles. The smallest absolute Gasteiger partial charge is 0.154 e. The molecule has 0 fully saturated rings. The number of rotatable bonds is 4. The Balaban J connectivity index is 1.80. The Morgan fingerprint density at radius 1 is 1.08 bits per heavy atom. The van der Waals surface area contributed by atoms with E-state index < -0.39 is 0 Å². The van der Waals surface area contributed by atoms with Crippen LogP contribution in [0.1, 0.15) is 17.3 Å². The fourth-order valence-corrected chi connectivity index (χ4v) is 2.77. The van der Waals surface area contributed by atoms with Gasteiger partial charge in [0.2, 0.25) is 0 Å². The van der Waals surface area contributed by atoms with Crippen LogP contribution >= 0.6 is 0 Å². The maximum atomic E-state index is 6.37. The molecule has 4 rings (SSSR count). The highest BCUT2D eigenvalue weighted by Crippen LogP contribution is 2.25. The molecule has 1 unspecified atom stereocenters. The Bertz CT molecular complexity index is 1010. The highest BCUT2D eigenvalue weighted by atomic mass is 16.5. The molecule has 3 aromatic heterocycles. The fraction of sp³-hybridized carbons (Fsp3) is 0.105. The predicted molar refractivity (Wildman–Crippen MR) is 95.2 cm³/mol. The summed E-state index contributed by atoms with van der Waals surface area (Å²) in [5, 5.41) is 4.71. The largest absolute Gasteiger partial charge is 0.497 e. The molecule has 0 radical (unpaired) electrons. The summed E-state index contributed by atoms with van der Waals surface area (Å²) in [5.74, 6) is 0.789. The zero-order valence-corrected chi connectivity index (χ0v) is 13.7. The van der Waals surface area contributed by atoms with Gasteiger partial charge in [0.05, 0.1) is 30.7 Å². The SMILES string of the molecule is COc1cccc(-c2cnc3ccc(C(N)c4ccncc4)nn23)c1. The summed E-state index contributed by atoms with van der Waals surface area (Å²) in [6.45, 7) is 0. The number of nitrogens with zero attached hydrogens (tertiary/aromatic N) is 4. The van der Waals surface area contributed by atoms with Crippen molar-refractivity contribution < 1.29 is 4.74 Å². The van der Waals surface area contributed by atoms with Gasteiger partial charge in [-0.25, -0.2) is 9.50 Å². The van der Waals surface area contributed by atoms with Gasteiger partial charge in [-0.05, 0) is 42.0 Å². The third kappa shape index (κ3) is 2.83. The minimum absolute atomic E-state index is 0.326. The van der Waals surface area contributed by atoms with Crippen LogP contribution in [0.2, 0.25) is 0 Å². The first kappa shape index (κ1) is 15.3. The van der Waals surface area contributed by atoms with Crippen LogP contribution in [0, 0.1) is 0 Å². The van der Waals surface area contributed by atoms with Crippen molar-refractivity contribution >= 4 is 5.65 Å². The quantitative estimate of drug-likeness (QED) is 0.622. The van der Waals surface area contributed by atoms with Crippen molar-refractivity contribution in [2.45, 2.75) is 6.04 Å². The van der Waals surface area contributed by atoms with Crippen LogP contribution in [-0.4, -0.2) is 26.7 Å². The lowest BCUT2D eigenvalue weighted by Gasteiger charge is -2.12. The summed E-state index contributed by atoms with van der Waals surface area (Å²) < 4.78 is 7.12. The standard InChI is InChI=1S/C19H17N5O/c1-25-15-4-2-3-14(11-15)17-12-22-18-6-5-16(23-24(17)18)19(20)13-7-9-21-10-8-13/h2-12,19H,20H2,1H3. The number of imidazole rings is 1. The van der Waals surface area contributed by atoms with Crippen molar-refractivity contribution in [1.29, 1.82) is 0 Å². The molecule has 124 valence electrons. The van der Waals surface area contributed by atoms with E-state index in [2.05, 4.69) is 9.97 Å². The van der Waals surface area contributed by atoms with Crippen molar-refractivity contribution in [3.63, 3.8) is 0 Å². The van der Waals surface area contributed by atoms with Crippen molar-refractivity contribution in [1.82, 2.24) is 19.6 Å². The average Bonchev–Trinajstić information content (AvgIpc) is 3.11. The van der Waals surface area contributed by atoms with Crippen molar-refractivity contribution in [2.75, 3.05) is 7.11 Å². The molecule has 4 aromatic rings. The first-order valence-corrected chi connectivity index (χ1v) is 7.91. The molecular formula is C19H17N5O. The molecule has 3 heterocycles. The van der Waals surface area contributed by atoms with Gasteiger partial charge in [-0.3, -0.25) is 4.98 Å². The van der Waals surface area contributed by atoms with Gasteiger partial charge in [0.25, 0.3) is 0 Å². The number of ether oxygens (including phenoxy) is 1. The lowest BCUT2D eigenvalue weighted by molar-refractivity contribution is 0.415. The van der Waals surface area contributed by atoms with E-state index in [1.54, 1.807) is 25.7 Å². The number of hydrogen-bond donors (Lipinski definition) is 1. The van der Waals surface area contributed by atoms with Crippen molar-refractivity contribution in [3.05, 3.63) is 78.4 Å². The Labute approximate surface area is 144 Å². The van der Waals surface area contributed by atoms with E-state index in [-0.39, 0.29) is 6.04 Å². The molecule has 0 spiro atoms. The van der Waals surface area contributed by atoms with E-state index in [0.717, 1.165) is 33.9 Å². The topological polar surface area (TPSA) is 78.3 Å². The summed E-state index contributed by atoms with van der Waals surface area (Å²) in [5.41, 5.74) is 10.7. The van der Waals surface area contributed by atoms with E-state index >= 15 is 0 Å². The zero-order valence-electron chi connectivity index (χ0n) is 13.7.